The second kappa shape index (κ2) is 13.0. The average molecular weight is 705 g/mol. The van der Waals surface area contributed by atoms with Crippen LogP contribution in [0.2, 0.25) is 0 Å². The summed E-state index contributed by atoms with van der Waals surface area (Å²) in [6, 6.07) is 18.5. The van der Waals surface area contributed by atoms with E-state index in [9.17, 15) is 14.3 Å². The summed E-state index contributed by atoms with van der Waals surface area (Å²) < 4.78 is 13.7. The first kappa shape index (κ1) is 32.3. The first-order chi connectivity index (χ1) is 17.8. The maximum Gasteiger partial charge on any atom is 0.164 e. The number of aliphatic hydroxyl groups excluding tert-OH is 1. The molecule has 0 aliphatic rings. The Morgan fingerprint density at radius 1 is 0.923 bits per heavy atom. The van der Waals surface area contributed by atoms with Crippen molar-refractivity contribution in [1.82, 2.24) is 4.98 Å². The number of aliphatic hydroxyl groups is 1. The average Bonchev–Trinajstić information content (AvgIpc) is 2.87. The van der Waals surface area contributed by atoms with Crippen LogP contribution in [0, 0.1) is 36.6 Å². The molecule has 0 aliphatic heterocycles. The van der Waals surface area contributed by atoms with Gasteiger partial charge in [0.25, 0.3) is 0 Å². The van der Waals surface area contributed by atoms with Crippen LogP contribution >= 0.6 is 0 Å². The summed E-state index contributed by atoms with van der Waals surface area (Å²) in [6.45, 7) is 15.8. The maximum absolute atomic E-state index is 13.7. The molecule has 209 valence electrons. The maximum atomic E-state index is 13.7. The van der Waals surface area contributed by atoms with Crippen molar-refractivity contribution in [2.75, 3.05) is 0 Å². The largest absolute Gasteiger partial charge is 0.512 e. The second-order valence-corrected chi connectivity index (χ2v) is 11.3. The summed E-state index contributed by atoms with van der Waals surface area (Å²) in [5.41, 5.74) is 3.45. The van der Waals surface area contributed by atoms with Crippen LogP contribution in [0.1, 0.15) is 65.5 Å². The fraction of sp³-hybridized carbons (Fsp3) is 0.353. The summed E-state index contributed by atoms with van der Waals surface area (Å²) >= 11 is 0. The summed E-state index contributed by atoms with van der Waals surface area (Å²) in [6.07, 6.45) is 4.78. The number of aryl methyl sites for hydroxylation is 2. The van der Waals surface area contributed by atoms with Gasteiger partial charge >= 0.3 is 0 Å². The predicted octanol–water partition coefficient (Wildman–Crippen LogP) is 9.48. The van der Waals surface area contributed by atoms with Crippen molar-refractivity contribution in [2.24, 2.45) is 10.8 Å². The zero-order valence-electron chi connectivity index (χ0n) is 24.2. The van der Waals surface area contributed by atoms with Crippen molar-refractivity contribution in [2.45, 2.75) is 68.2 Å². The summed E-state index contributed by atoms with van der Waals surface area (Å²) in [5.74, 6) is -0.0260. The van der Waals surface area contributed by atoms with Gasteiger partial charge < -0.3 is 10.1 Å². The molecule has 0 saturated carbocycles. The van der Waals surface area contributed by atoms with Crippen LogP contribution in [0.5, 0.6) is 0 Å². The van der Waals surface area contributed by atoms with Gasteiger partial charge in [-0.25, -0.2) is 4.39 Å². The van der Waals surface area contributed by atoms with Crippen LogP contribution < -0.4 is 0 Å². The Morgan fingerprint density at radius 2 is 1.56 bits per heavy atom. The molecular weight excluding hydrogens is 666 g/mol. The second-order valence-electron chi connectivity index (χ2n) is 11.3. The molecule has 3 aromatic carbocycles. The molecule has 5 heteroatoms. The number of allylic oxidation sites excluding steroid dienone is 2. The monoisotopic (exact) mass is 705 g/mol. The molecule has 0 atom stereocenters. The number of carbonyl (C=O) groups excluding carboxylic acids is 1. The van der Waals surface area contributed by atoms with E-state index in [1.807, 2.05) is 66.7 Å². The van der Waals surface area contributed by atoms with Crippen LogP contribution in [0.25, 0.3) is 32.8 Å². The molecule has 4 rings (SSSR count). The number of nitrogens with zero attached hydrogens (tertiary/aromatic N) is 1. The molecular formula is C34H39FIrNO2-. The number of pyridine rings is 1. The minimum atomic E-state index is -0.377. The van der Waals surface area contributed by atoms with E-state index < -0.39 is 0 Å². The molecule has 0 spiro atoms. The third-order valence-corrected chi connectivity index (χ3v) is 7.52. The number of hydrogen-bond donors (Lipinski definition) is 1. The Morgan fingerprint density at radius 3 is 2.18 bits per heavy atom. The van der Waals surface area contributed by atoms with Crippen LogP contribution in [-0.2, 0) is 24.9 Å². The van der Waals surface area contributed by atoms with Crippen molar-refractivity contribution >= 4 is 27.3 Å². The number of ketones is 1. The molecule has 1 radical (unpaired) electrons. The van der Waals surface area contributed by atoms with Gasteiger partial charge in [-0.05, 0) is 58.3 Å². The van der Waals surface area contributed by atoms with Gasteiger partial charge in [0.05, 0.1) is 0 Å². The van der Waals surface area contributed by atoms with E-state index in [-0.39, 0.29) is 48.3 Å². The van der Waals surface area contributed by atoms with E-state index in [4.69, 9.17) is 0 Å². The molecule has 1 aromatic heterocycles. The van der Waals surface area contributed by atoms with Crippen molar-refractivity contribution in [3.05, 3.63) is 89.6 Å². The Balaban J connectivity index is 0.000000294. The molecule has 3 nitrogen and oxygen atoms in total. The Hall–Kier alpha value is -2.88. The van der Waals surface area contributed by atoms with E-state index in [0.717, 1.165) is 51.2 Å². The standard InChI is InChI=1S/C21H15FN.C13H24O2.Ir/c1-13-9-14(2)11-16(10-13)21-19-6-4-15-3-5-17(22)12-20(15)18(19)7-8-23-21;1-7-12(3,4)10(14)9-11(15)13(5,6)8-2;/h3-10,12H,1-2H3;9,14H,7-8H2,1-6H3;/q-1;;/b;10-9-;. The van der Waals surface area contributed by atoms with E-state index in [2.05, 4.69) is 36.2 Å². The number of rotatable bonds is 6. The number of benzene rings is 3. The fourth-order valence-corrected chi connectivity index (χ4v) is 4.06. The number of fused-ring (bicyclic) bond motifs is 3. The van der Waals surface area contributed by atoms with Gasteiger partial charge in [-0.1, -0.05) is 73.6 Å². The molecule has 0 aliphatic carbocycles. The van der Waals surface area contributed by atoms with Crippen LogP contribution in [0.4, 0.5) is 4.39 Å². The van der Waals surface area contributed by atoms with Gasteiger partial charge in [-0.3, -0.25) is 4.79 Å². The van der Waals surface area contributed by atoms with Gasteiger partial charge in [0, 0.05) is 43.2 Å². The zero-order valence-corrected chi connectivity index (χ0v) is 26.6. The first-order valence-electron chi connectivity index (χ1n) is 13.2. The third-order valence-electron chi connectivity index (χ3n) is 7.52. The van der Waals surface area contributed by atoms with Crippen molar-refractivity contribution < 1.29 is 34.4 Å². The van der Waals surface area contributed by atoms with Crippen LogP contribution in [-0.4, -0.2) is 15.9 Å². The quantitative estimate of drug-likeness (QED) is 0.0942. The molecule has 1 N–H and O–H groups in total. The molecule has 0 bridgehead atoms. The van der Waals surface area contributed by atoms with E-state index in [1.54, 1.807) is 12.3 Å². The SMILES string of the molecule is CCC(C)(C)C(=O)/C=C(\O)C(C)(C)CC.Cc1[c-]c(-c2nccc3c2ccc2ccc(F)cc23)cc(C)c1.[Ir]. The normalized spacial score (nSPS) is 12.1. The van der Waals surface area contributed by atoms with Gasteiger partial charge in [-0.2, -0.15) is 0 Å². The molecule has 0 amide bonds. The Kier molecular flexibility index (Phi) is 10.8. The summed E-state index contributed by atoms with van der Waals surface area (Å²) in [7, 11) is 0. The molecule has 0 fully saturated rings. The van der Waals surface area contributed by atoms with E-state index >= 15 is 0 Å². The smallest absolute Gasteiger partial charge is 0.164 e. The minimum absolute atomic E-state index is 0. The van der Waals surface area contributed by atoms with E-state index in [0.29, 0.717) is 0 Å². The predicted molar refractivity (Wildman–Crippen MR) is 157 cm³/mol. The zero-order chi connectivity index (χ0) is 28.3. The number of aromatic nitrogens is 1. The van der Waals surface area contributed by atoms with Crippen LogP contribution in [0.15, 0.2) is 66.6 Å². The topological polar surface area (TPSA) is 50.2 Å². The molecule has 0 unspecified atom stereocenters. The molecule has 0 saturated heterocycles. The molecule has 1 heterocycles. The summed E-state index contributed by atoms with van der Waals surface area (Å²) in [4.78, 5) is 16.4. The van der Waals surface area contributed by atoms with Gasteiger partial charge in [0.15, 0.2) is 5.78 Å². The van der Waals surface area contributed by atoms with Crippen LogP contribution in [0.3, 0.4) is 0 Å². The van der Waals surface area contributed by atoms with Gasteiger partial charge in [0.2, 0.25) is 0 Å². The minimum Gasteiger partial charge on any atom is -0.512 e. The molecule has 39 heavy (non-hydrogen) atoms. The van der Waals surface area contributed by atoms with E-state index in [1.165, 1.54) is 17.7 Å². The summed E-state index contributed by atoms with van der Waals surface area (Å²) in [5, 5.41) is 13.8. The Bertz CT molecular complexity index is 1480. The number of halogens is 1. The Labute approximate surface area is 245 Å². The number of carbonyl (C=O) groups is 1. The van der Waals surface area contributed by atoms with Crippen molar-refractivity contribution in [3.8, 4) is 11.3 Å². The third kappa shape index (κ3) is 7.62. The number of hydrogen-bond acceptors (Lipinski definition) is 3. The molecule has 4 aromatic rings. The van der Waals surface area contributed by atoms with Crippen molar-refractivity contribution in [3.63, 3.8) is 0 Å². The first-order valence-corrected chi connectivity index (χ1v) is 13.2. The van der Waals surface area contributed by atoms with Gasteiger partial charge in [-0.15, -0.1) is 34.9 Å². The van der Waals surface area contributed by atoms with Gasteiger partial charge in [0.1, 0.15) is 11.6 Å². The fourth-order valence-electron chi connectivity index (χ4n) is 4.06. The van der Waals surface area contributed by atoms with Crippen molar-refractivity contribution in [1.29, 1.82) is 0 Å².